The second-order valence-electron chi connectivity index (χ2n) is 4.78. The summed E-state index contributed by atoms with van der Waals surface area (Å²) >= 11 is 0. The number of nitrogens with one attached hydrogen (secondary N) is 1. The van der Waals surface area contributed by atoms with Crippen molar-refractivity contribution in [3.8, 4) is 0 Å². The predicted octanol–water partition coefficient (Wildman–Crippen LogP) is 0.521. The van der Waals surface area contributed by atoms with Crippen LogP contribution in [0, 0.1) is 0 Å². The summed E-state index contributed by atoms with van der Waals surface area (Å²) in [5, 5.41) is 3.40. The fraction of sp³-hybridized carbons (Fsp3) is 0.692. The van der Waals surface area contributed by atoms with E-state index in [1.807, 2.05) is 0 Å². The maximum absolute atomic E-state index is 5.38. The number of rotatable bonds is 2. The predicted molar refractivity (Wildman–Crippen MR) is 69.9 cm³/mol. The van der Waals surface area contributed by atoms with Crippen molar-refractivity contribution in [3.63, 3.8) is 0 Å². The van der Waals surface area contributed by atoms with Gasteiger partial charge in [0.05, 0.1) is 24.6 Å². The van der Waals surface area contributed by atoms with Crippen LogP contribution in [0.15, 0.2) is 0 Å². The summed E-state index contributed by atoms with van der Waals surface area (Å²) < 4.78 is 5.38. The zero-order valence-corrected chi connectivity index (χ0v) is 10.9. The molecule has 2 aliphatic heterocycles. The number of fused-ring (bicyclic) bond motifs is 1. The van der Waals surface area contributed by atoms with Gasteiger partial charge in [0.25, 0.3) is 0 Å². The van der Waals surface area contributed by atoms with Crippen molar-refractivity contribution in [3.05, 3.63) is 17.0 Å². The van der Waals surface area contributed by atoms with Gasteiger partial charge in [-0.25, -0.2) is 9.97 Å². The van der Waals surface area contributed by atoms with Gasteiger partial charge < -0.3 is 15.0 Å². The Morgan fingerprint density at radius 3 is 2.89 bits per heavy atom. The molecule has 0 amide bonds. The first-order chi connectivity index (χ1) is 8.88. The van der Waals surface area contributed by atoms with Gasteiger partial charge in [-0.05, 0) is 6.42 Å². The van der Waals surface area contributed by atoms with Gasteiger partial charge in [0.1, 0.15) is 0 Å². The van der Waals surface area contributed by atoms with Crippen molar-refractivity contribution in [2.24, 2.45) is 0 Å². The number of hydrogen-bond donors (Lipinski definition) is 1. The second kappa shape index (κ2) is 5.20. The van der Waals surface area contributed by atoms with Crippen molar-refractivity contribution in [2.75, 3.05) is 37.7 Å². The molecule has 0 aromatic carbocycles. The van der Waals surface area contributed by atoms with Crippen molar-refractivity contribution in [1.82, 2.24) is 15.3 Å². The van der Waals surface area contributed by atoms with Crippen LogP contribution in [0.2, 0.25) is 0 Å². The van der Waals surface area contributed by atoms with Gasteiger partial charge in [-0.3, -0.25) is 0 Å². The molecule has 1 aromatic heterocycles. The molecule has 1 saturated heterocycles. The molecule has 0 atom stereocenters. The van der Waals surface area contributed by atoms with Crippen LogP contribution in [0.3, 0.4) is 0 Å². The fourth-order valence-electron chi connectivity index (χ4n) is 2.60. The number of aromatic nitrogens is 2. The quantitative estimate of drug-likeness (QED) is 0.827. The Kier molecular flexibility index (Phi) is 3.43. The van der Waals surface area contributed by atoms with E-state index in [0.717, 1.165) is 58.2 Å². The fourth-order valence-corrected chi connectivity index (χ4v) is 2.60. The number of anilines is 1. The molecule has 98 valence electrons. The van der Waals surface area contributed by atoms with E-state index in [2.05, 4.69) is 17.1 Å². The van der Waals surface area contributed by atoms with Gasteiger partial charge in [0, 0.05) is 38.2 Å². The van der Waals surface area contributed by atoms with Gasteiger partial charge in [0.2, 0.25) is 5.95 Å². The van der Waals surface area contributed by atoms with E-state index in [0.29, 0.717) is 0 Å². The van der Waals surface area contributed by atoms with Crippen molar-refractivity contribution in [1.29, 1.82) is 0 Å². The highest BCUT2D eigenvalue weighted by Gasteiger charge is 2.20. The first-order valence-corrected chi connectivity index (χ1v) is 6.80. The largest absolute Gasteiger partial charge is 0.378 e. The molecule has 3 rings (SSSR count). The van der Waals surface area contributed by atoms with Crippen molar-refractivity contribution < 1.29 is 4.74 Å². The van der Waals surface area contributed by atoms with Crippen LogP contribution in [-0.4, -0.2) is 42.8 Å². The Balaban J connectivity index is 1.94. The SMILES string of the molecule is CCc1nc(N2CCOCC2)nc2c1CNCC2. The minimum atomic E-state index is 0.781. The Morgan fingerprint density at radius 1 is 1.28 bits per heavy atom. The molecule has 18 heavy (non-hydrogen) atoms. The molecule has 0 spiro atoms. The second-order valence-corrected chi connectivity index (χ2v) is 4.78. The third kappa shape index (κ3) is 2.20. The van der Waals surface area contributed by atoms with Crippen LogP contribution >= 0.6 is 0 Å². The highest BCUT2D eigenvalue weighted by molar-refractivity contribution is 5.38. The summed E-state index contributed by atoms with van der Waals surface area (Å²) in [4.78, 5) is 11.8. The number of aryl methyl sites for hydroxylation is 1. The third-order valence-corrected chi connectivity index (χ3v) is 3.64. The maximum atomic E-state index is 5.38. The van der Waals surface area contributed by atoms with E-state index >= 15 is 0 Å². The summed E-state index contributed by atoms with van der Waals surface area (Å²) in [6, 6.07) is 0. The Bertz CT molecular complexity index is 412. The molecule has 1 aromatic rings. The molecule has 1 N–H and O–H groups in total. The monoisotopic (exact) mass is 248 g/mol. The van der Waals surface area contributed by atoms with Gasteiger partial charge in [0.15, 0.2) is 0 Å². The lowest BCUT2D eigenvalue weighted by Gasteiger charge is -2.29. The van der Waals surface area contributed by atoms with E-state index < -0.39 is 0 Å². The lowest BCUT2D eigenvalue weighted by Crippen LogP contribution is -2.38. The summed E-state index contributed by atoms with van der Waals surface area (Å²) in [7, 11) is 0. The van der Waals surface area contributed by atoms with Crippen molar-refractivity contribution in [2.45, 2.75) is 26.3 Å². The molecular formula is C13H20N4O. The van der Waals surface area contributed by atoms with Crippen LogP contribution in [0.5, 0.6) is 0 Å². The Labute approximate surface area is 108 Å². The van der Waals surface area contributed by atoms with Gasteiger partial charge in [-0.1, -0.05) is 6.92 Å². The van der Waals surface area contributed by atoms with E-state index in [-0.39, 0.29) is 0 Å². The summed E-state index contributed by atoms with van der Waals surface area (Å²) in [5.74, 6) is 0.899. The molecule has 5 nitrogen and oxygen atoms in total. The van der Waals surface area contributed by atoms with Crippen LogP contribution in [0.1, 0.15) is 23.9 Å². The molecule has 0 saturated carbocycles. The molecular weight excluding hydrogens is 228 g/mol. The molecule has 0 aliphatic carbocycles. The van der Waals surface area contributed by atoms with Crippen LogP contribution in [-0.2, 0) is 24.1 Å². The first kappa shape index (κ1) is 11.9. The topological polar surface area (TPSA) is 50.3 Å². The number of morpholine rings is 1. The molecule has 2 aliphatic rings. The van der Waals surface area contributed by atoms with E-state index in [1.54, 1.807) is 0 Å². The minimum Gasteiger partial charge on any atom is -0.378 e. The molecule has 0 unspecified atom stereocenters. The van der Waals surface area contributed by atoms with E-state index in [4.69, 9.17) is 14.7 Å². The van der Waals surface area contributed by atoms with Gasteiger partial charge in [-0.2, -0.15) is 0 Å². The number of ether oxygens (including phenoxy) is 1. The molecule has 3 heterocycles. The summed E-state index contributed by atoms with van der Waals surface area (Å²) in [6.45, 7) is 7.48. The normalized spacial score (nSPS) is 19.7. The van der Waals surface area contributed by atoms with Crippen LogP contribution in [0.4, 0.5) is 5.95 Å². The molecule has 0 bridgehead atoms. The Morgan fingerprint density at radius 2 is 2.11 bits per heavy atom. The van der Waals surface area contributed by atoms with Crippen LogP contribution < -0.4 is 10.2 Å². The maximum Gasteiger partial charge on any atom is 0.225 e. The lowest BCUT2D eigenvalue weighted by molar-refractivity contribution is 0.122. The molecule has 0 radical (unpaired) electrons. The van der Waals surface area contributed by atoms with E-state index in [9.17, 15) is 0 Å². The zero-order valence-electron chi connectivity index (χ0n) is 10.9. The smallest absolute Gasteiger partial charge is 0.225 e. The van der Waals surface area contributed by atoms with E-state index in [1.165, 1.54) is 17.0 Å². The lowest BCUT2D eigenvalue weighted by atomic mass is 10.0. The summed E-state index contributed by atoms with van der Waals surface area (Å²) in [5.41, 5.74) is 3.76. The summed E-state index contributed by atoms with van der Waals surface area (Å²) in [6.07, 6.45) is 1.99. The average molecular weight is 248 g/mol. The molecule has 1 fully saturated rings. The van der Waals surface area contributed by atoms with Gasteiger partial charge >= 0.3 is 0 Å². The van der Waals surface area contributed by atoms with Crippen molar-refractivity contribution >= 4 is 5.95 Å². The van der Waals surface area contributed by atoms with Gasteiger partial charge in [-0.15, -0.1) is 0 Å². The number of hydrogen-bond acceptors (Lipinski definition) is 5. The third-order valence-electron chi connectivity index (χ3n) is 3.64. The average Bonchev–Trinajstić information content (AvgIpc) is 2.47. The number of nitrogens with zero attached hydrogens (tertiary/aromatic N) is 3. The zero-order chi connectivity index (χ0) is 12.4. The highest BCUT2D eigenvalue weighted by Crippen LogP contribution is 2.20. The first-order valence-electron chi connectivity index (χ1n) is 6.80. The highest BCUT2D eigenvalue weighted by atomic mass is 16.5. The standard InChI is InChI=1S/C13H20N4O/c1-2-11-10-9-14-4-3-12(10)16-13(15-11)17-5-7-18-8-6-17/h14H,2-9H2,1H3. The van der Waals surface area contributed by atoms with Crippen LogP contribution in [0.25, 0.3) is 0 Å². The minimum absolute atomic E-state index is 0.781. The molecule has 5 heteroatoms. The Hall–Kier alpha value is -1.20.